The summed E-state index contributed by atoms with van der Waals surface area (Å²) in [6.07, 6.45) is 1.39. The Morgan fingerprint density at radius 1 is 1.40 bits per heavy atom. The minimum absolute atomic E-state index is 0.142. The van der Waals surface area contributed by atoms with Crippen LogP contribution in [0.25, 0.3) is 0 Å². The Hall–Kier alpha value is -2.44. The molecule has 5 nitrogen and oxygen atoms in total. The van der Waals surface area contributed by atoms with E-state index in [1.165, 1.54) is 10.7 Å². The van der Waals surface area contributed by atoms with Gasteiger partial charge < -0.3 is 11.1 Å². The number of rotatable bonds is 4. The Morgan fingerprint density at radius 2 is 2.15 bits per heavy atom. The first kappa shape index (κ1) is 14.0. The van der Waals surface area contributed by atoms with Crippen molar-refractivity contribution in [3.8, 4) is 0 Å². The summed E-state index contributed by atoms with van der Waals surface area (Å²) in [5.41, 5.74) is 6.55. The normalized spacial score (nSPS) is 10.6. The van der Waals surface area contributed by atoms with Crippen molar-refractivity contribution in [2.45, 2.75) is 13.0 Å². The lowest BCUT2D eigenvalue weighted by Gasteiger charge is -2.06. The number of carbonyl (C=O) groups excluding carboxylic acids is 1. The van der Waals surface area contributed by atoms with Crippen molar-refractivity contribution in [1.29, 1.82) is 0 Å². The zero-order valence-corrected chi connectivity index (χ0v) is 10.9. The topological polar surface area (TPSA) is 72.9 Å². The third-order valence-electron chi connectivity index (χ3n) is 2.91. The first-order valence-corrected chi connectivity index (χ1v) is 5.94. The molecule has 0 radical (unpaired) electrons. The van der Waals surface area contributed by atoms with Gasteiger partial charge in [-0.05, 0) is 11.6 Å². The number of nitrogens with one attached hydrogen (secondary N) is 1. The van der Waals surface area contributed by atoms with Crippen LogP contribution >= 0.6 is 0 Å². The summed E-state index contributed by atoms with van der Waals surface area (Å²) in [4.78, 5) is 11.7. The number of anilines is 1. The molecule has 2 aromatic rings. The number of hydrogen-bond acceptors (Lipinski definition) is 3. The van der Waals surface area contributed by atoms with Gasteiger partial charge in [-0.2, -0.15) is 5.10 Å². The molecule has 2 rings (SSSR count). The van der Waals surface area contributed by atoms with Crippen molar-refractivity contribution >= 4 is 11.7 Å². The summed E-state index contributed by atoms with van der Waals surface area (Å²) in [7, 11) is 1.69. The van der Waals surface area contributed by atoms with Crippen molar-refractivity contribution in [2.75, 3.05) is 5.73 Å². The maximum absolute atomic E-state index is 13.4. The van der Waals surface area contributed by atoms with Crippen LogP contribution in [0.5, 0.6) is 0 Å². The van der Waals surface area contributed by atoms with E-state index in [1.807, 2.05) is 0 Å². The molecule has 7 heteroatoms. The van der Waals surface area contributed by atoms with Gasteiger partial charge in [0.2, 0.25) is 5.91 Å². The van der Waals surface area contributed by atoms with E-state index in [-0.39, 0.29) is 24.4 Å². The first-order chi connectivity index (χ1) is 9.47. The van der Waals surface area contributed by atoms with E-state index in [2.05, 4.69) is 10.4 Å². The van der Waals surface area contributed by atoms with E-state index < -0.39 is 11.6 Å². The van der Waals surface area contributed by atoms with Crippen LogP contribution in [0.15, 0.2) is 24.4 Å². The van der Waals surface area contributed by atoms with Crippen LogP contribution in [-0.4, -0.2) is 15.7 Å². The van der Waals surface area contributed by atoms with Crippen molar-refractivity contribution in [3.63, 3.8) is 0 Å². The molecule has 0 saturated carbocycles. The molecular weight excluding hydrogens is 266 g/mol. The second-order valence-corrected chi connectivity index (χ2v) is 4.37. The monoisotopic (exact) mass is 280 g/mol. The molecule has 0 saturated heterocycles. The maximum atomic E-state index is 13.4. The smallest absolute Gasteiger partial charge is 0.224 e. The van der Waals surface area contributed by atoms with Crippen LogP contribution in [0.1, 0.15) is 11.1 Å². The number of nitrogen functional groups attached to an aromatic ring is 1. The molecule has 0 aliphatic carbocycles. The molecule has 1 heterocycles. The van der Waals surface area contributed by atoms with Gasteiger partial charge in [-0.1, -0.05) is 6.07 Å². The fourth-order valence-electron chi connectivity index (χ4n) is 1.72. The Labute approximate surface area is 114 Å². The van der Waals surface area contributed by atoms with Gasteiger partial charge in [-0.3, -0.25) is 9.48 Å². The fourth-order valence-corrected chi connectivity index (χ4v) is 1.72. The number of nitrogens with two attached hydrogens (primary N) is 1. The van der Waals surface area contributed by atoms with E-state index in [4.69, 9.17) is 5.73 Å². The minimum atomic E-state index is -0.735. The van der Waals surface area contributed by atoms with Crippen LogP contribution in [0, 0.1) is 11.6 Å². The summed E-state index contributed by atoms with van der Waals surface area (Å²) >= 11 is 0. The zero-order valence-electron chi connectivity index (χ0n) is 10.9. The number of amides is 1. The number of carbonyl (C=O) groups is 1. The fraction of sp³-hybridized carbons (Fsp3) is 0.231. The number of aryl methyl sites for hydroxylation is 1. The molecule has 1 aromatic carbocycles. The average molecular weight is 280 g/mol. The zero-order chi connectivity index (χ0) is 14.7. The van der Waals surface area contributed by atoms with Crippen LogP contribution in [0.4, 0.5) is 14.6 Å². The van der Waals surface area contributed by atoms with Crippen LogP contribution in [-0.2, 0) is 24.8 Å². The second-order valence-electron chi connectivity index (χ2n) is 4.37. The molecular formula is C13H14F2N4O. The Kier molecular flexibility index (Phi) is 3.97. The molecule has 0 bridgehead atoms. The highest BCUT2D eigenvalue weighted by Gasteiger charge is 2.10. The molecule has 0 spiro atoms. The van der Waals surface area contributed by atoms with Crippen molar-refractivity contribution in [2.24, 2.45) is 7.05 Å². The summed E-state index contributed by atoms with van der Waals surface area (Å²) in [5, 5.41) is 6.55. The van der Waals surface area contributed by atoms with Gasteiger partial charge in [-0.15, -0.1) is 0 Å². The molecule has 20 heavy (non-hydrogen) atoms. The lowest BCUT2D eigenvalue weighted by molar-refractivity contribution is -0.120. The first-order valence-electron chi connectivity index (χ1n) is 5.94. The third kappa shape index (κ3) is 3.11. The largest absolute Gasteiger partial charge is 0.384 e. The molecule has 3 N–H and O–H groups in total. The number of hydrogen-bond donors (Lipinski definition) is 2. The predicted molar refractivity (Wildman–Crippen MR) is 69.5 cm³/mol. The highest BCUT2D eigenvalue weighted by atomic mass is 19.1. The third-order valence-corrected chi connectivity index (χ3v) is 2.91. The van der Waals surface area contributed by atoms with Gasteiger partial charge in [0.25, 0.3) is 0 Å². The molecule has 0 unspecified atom stereocenters. The Morgan fingerprint density at radius 3 is 2.75 bits per heavy atom. The summed E-state index contributed by atoms with van der Waals surface area (Å²) in [6.45, 7) is 0.210. The van der Waals surface area contributed by atoms with E-state index in [1.54, 1.807) is 13.2 Å². The second kappa shape index (κ2) is 5.68. The van der Waals surface area contributed by atoms with Gasteiger partial charge in [0.05, 0.1) is 12.6 Å². The van der Waals surface area contributed by atoms with Crippen LogP contribution < -0.4 is 11.1 Å². The summed E-state index contributed by atoms with van der Waals surface area (Å²) in [6, 6.07) is 3.12. The summed E-state index contributed by atoms with van der Waals surface area (Å²) < 4.78 is 27.6. The quantitative estimate of drug-likeness (QED) is 0.882. The molecule has 1 amide bonds. The van der Waals surface area contributed by atoms with Gasteiger partial charge in [0.1, 0.15) is 17.5 Å². The van der Waals surface area contributed by atoms with E-state index in [0.29, 0.717) is 11.4 Å². The Balaban J connectivity index is 1.94. The minimum Gasteiger partial charge on any atom is -0.384 e. The van der Waals surface area contributed by atoms with Gasteiger partial charge >= 0.3 is 0 Å². The van der Waals surface area contributed by atoms with Crippen molar-refractivity contribution in [1.82, 2.24) is 15.1 Å². The lowest BCUT2D eigenvalue weighted by atomic mass is 10.1. The standard InChI is InChI=1S/C13H14F2N4O/c1-19-13(16)9(7-18-19)6-17-12(20)4-8-2-3-10(14)5-11(8)15/h2-3,5,7H,4,6,16H2,1H3,(H,17,20). The van der Waals surface area contributed by atoms with Crippen LogP contribution in [0.3, 0.4) is 0 Å². The number of nitrogens with zero attached hydrogens (tertiary/aromatic N) is 2. The predicted octanol–water partition coefficient (Wildman–Crippen LogP) is 1.14. The summed E-state index contributed by atoms with van der Waals surface area (Å²) in [5.74, 6) is -1.33. The SMILES string of the molecule is Cn1ncc(CNC(=O)Cc2ccc(F)cc2F)c1N. The number of benzene rings is 1. The lowest BCUT2D eigenvalue weighted by Crippen LogP contribution is -2.25. The molecule has 0 fully saturated rings. The van der Waals surface area contributed by atoms with Crippen LogP contribution in [0.2, 0.25) is 0 Å². The van der Waals surface area contributed by atoms with E-state index in [9.17, 15) is 13.6 Å². The maximum Gasteiger partial charge on any atom is 0.224 e. The van der Waals surface area contributed by atoms with Crippen molar-refractivity contribution < 1.29 is 13.6 Å². The highest BCUT2D eigenvalue weighted by molar-refractivity contribution is 5.78. The van der Waals surface area contributed by atoms with Gasteiger partial charge in [0.15, 0.2) is 0 Å². The molecule has 0 aliphatic heterocycles. The molecule has 1 aromatic heterocycles. The van der Waals surface area contributed by atoms with Crippen molar-refractivity contribution in [3.05, 3.63) is 47.2 Å². The molecule has 106 valence electrons. The van der Waals surface area contributed by atoms with Gasteiger partial charge in [0, 0.05) is 25.2 Å². The van der Waals surface area contributed by atoms with E-state index >= 15 is 0 Å². The van der Waals surface area contributed by atoms with Gasteiger partial charge in [-0.25, -0.2) is 8.78 Å². The highest BCUT2D eigenvalue weighted by Crippen LogP contribution is 2.11. The number of aromatic nitrogens is 2. The molecule has 0 aliphatic rings. The number of halogens is 2. The van der Waals surface area contributed by atoms with E-state index in [0.717, 1.165) is 12.1 Å². The molecule has 0 atom stereocenters. The average Bonchev–Trinajstić information content (AvgIpc) is 2.71. The Bertz CT molecular complexity index is 639.